The van der Waals surface area contributed by atoms with Gasteiger partial charge < -0.3 is 4.57 Å². The van der Waals surface area contributed by atoms with Gasteiger partial charge in [0.05, 0.1) is 0 Å². The first kappa shape index (κ1) is 27.4. The van der Waals surface area contributed by atoms with Gasteiger partial charge in [0.25, 0.3) is 6.20 Å². The van der Waals surface area contributed by atoms with Crippen LogP contribution in [0, 0.1) is 12.1 Å². The summed E-state index contributed by atoms with van der Waals surface area (Å²) in [6.45, 7) is 0. The minimum Gasteiger partial charge on any atom is -0.349 e. The molecule has 0 spiro atoms. The molecule has 0 unspecified atom stereocenters. The molecule has 0 N–H and O–H groups in total. The fourth-order valence-electron chi connectivity index (χ4n) is 7.17. The van der Waals surface area contributed by atoms with Crippen molar-refractivity contribution in [2.75, 3.05) is 7.05 Å². The van der Waals surface area contributed by atoms with E-state index in [0.717, 1.165) is 33.7 Å². The van der Waals surface area contributed by atoms with Gasteiger partial charge in [-0.05, 0) is 45.8 Å². The Labute approximate surface area is 275 Å². The number of para-hydroxylation sites is 1. The normalized spacial score (nSPS) is 14.2. The second kappa shape index (κ2) is 10.5. The van der Waals surface area contributed by atoms with Gasteiger partial charge in [0.2, 0.25) is 6.20 Å². The Morgan fingerprint density at radius 3 is 2.18 bits per heavy atom. The quantitative estimate of drug-likeness (QED) is 0.132. The Balaban J connectivity index is 0.00000300. The van der Waals surface area contributed by atoms with E-state index in [1.54, 1.807) is 0 Å². The van der Waals surface area contributed by atoms with Crippen LogP contribution >= 0.6 is 0 Å². The molecule has 1 aliphatic heterocycles. The fourth-order valence-corrected chi connectivity index (χ4v) is 7.17. The number of nitrogens with zero attached hydrogens (tertiary/aromatic N) is 4. The number of pyridine rings is 1. The van der Waals surface area contributed by atoms with Crippen LogP contribution in [0.1, 0.15) is 22.3 Å². The van der Waals surface area contributed by atoms with Crippen molar-refractivity contribution in [1.29, 1.82) is 0 Å². The van der Waals surface area contributed by atoms with E-state index in [-0.39, 0.29) is 21.1 Å². The molecule has 0 atom stereocenters. The van der Waals surface area contributed by atoms with E-state index < -0.39 is 5.41 Å². The molecule has 2 aromatic heterocycles. The smallest absolute Gasteiger partial charge is 0.349 e. The van der Waals surface area contributed by atoms with Crippen molar-refractivity contribution < 1.29 is 30.2 Å². The zero-order chi connectivity index (χ0) is 29.3. The third-order valence-corrected chi connectivity index (χ3v) is 8.99. The Morgan fingerprint density at radius 1 is 0.711 bits per heavy atom. The topological polar surface area (TPSA) is 23.8 Å². The summed E-state index contributed by atoms with van der Waals surface area (Å²) >= 11 is 0. The summed E-state index contributed by atoms with van der Waals surface area (Å²) in [5.41, 5.74) is 9.63. The van der Waals surface area contributed by atoms with E-state index in [4.69, 9.17) is 4.98 Å². The second-order valence-corrected chi connectivity index (χ2v) is 11.4. The molecule has 5 heteroatoms. The first-order valence-corrected chi connectivity index (χ1v) is 14.8. The first-order chi connectivity index (χ1) is 21.7. The van der Waals surface area contributed by atoms with Crippen molar-refractivity contribution in [3.63, 3.8) is 0 Å². The van der Waals surface area contributed by atoms with Gasteiger partial charge in [-0.15, -0.1) is 22.6 Å². The second-order valence-electron chi connectivity index (χ2n) is 11.4. The van der Waals surface area contributed by atoms with E-state index in [9.17, 15) is 0 Å². The van der Waals surface area contributed by atoms with Crippen LogP contribution in [-0.4, -0.2) is 31.8 Å². The van der Waals surface area contributed by atoms with Crippen molar-refractivity contribution >= 4 is 33.5 Å². The first-order valence-electron chi connectivity index (χ1n) is 14.8. The van der Waals surface area contributed by atoms with Crippen LogP contribution in [0.3, 0.4) is 0 Å². The van der Waals surface area contributed by atoms with Gasteiger partial charge in [0.15, 0.2) is 7.05 Å². The molecule has 0 saturated carbocycles. The van der Waals surface area contributed by atoms with Crippen molar-refractivity contribution in [1.82, 2.24) is 9.55 Å². The number of rotatable bonds is 4. The van der Waals surface area contributed by atoms with Crippen molar-refractivity contribution in [2.24, 2.45) is 0 Å². The van der Waals surface area contributed by atoms with Crippen LogP contribution in [0.15, 0.2) is 140 Å². The maximum atomic E-state index is 4.72. The van der Waals surface area contributed by atoms with Crippen LogP contribution in [-0.2, 0) is 26.5 Å². The van der Waals surface area contributed by atoms with Gasteiger partial charge in [-0.25, -0.2) is 4.98 Å². The predicted molar refractivity (Wildman–Crippen MR) is 174 cm³/mol. The Kier molecular flexibility index (Phi) is 6.39. The summed E-state index contributed by atoms with van der Waals surface area (Å²) < 4.78 is 6.16. The molecule has 0 amide bonds. The fraction of sp³-hybridized carbons (Fsp3) is 0.0500. The summed E-state index contributed by atoms with van der Waals surface area (Å²) in [5, 5.41) is 2.36. The van der Waals surface area contributed by atoms with Crippen LogP contribution in [0.2, 0.25) is 0 Å². The molecule has 5 aromatic carbocycles. The molecule has 214 valence electrons. The number of hydrogen-bond donors (Lipinski definition) is 0. The van der Waals surface area contributed by atoms with Crippen LogP contribution in [0.4, 0.5) is 5.69 Å². The van der Waals surface area contributed by atoms with Crippen molar-refractivity contribution in [3.8, 4) is 16.9 Å². The molecular weight excluding hydrogens is 732 g/mol. The van der Waals surface area contributed by atoms with E-state index >= 15 is 0 Å². The largest absolute Gasteiger partial charge is 2.00 e. The van der Waals surface area contributed by atoms with Gasteiger partial charge in [0, 0.05) is 17.1 Å². The van der Waals surface area contributed by atoms with E-state index in [1.807, 2.05) is 46.9 Å². The average molecular weight is 758 g/mol. The van der Waals surface area contributed by atoms with E-state index in [2.05, 4.69) is 132 Å². The predicted octanol–water partition coefficient (Wildman–Crippen LogP) is 8.08. The van der Waals surface area contributed by atoms with Gasteiger partial charge in [-0.1, -0.05) is 93.5 Å². The van der Waals surface area contributed by atoms with Gasteiger partial charge in [-0.2, -0.15) is 30.3 Å². The SMILES string of the molecule is C[N+]1=C=[N+](c2[c-]c(C3(c4[c-]cc5c(c4)c4ccccc4n5-c4ccccn4)c4ccccc4-c4ccccc43)ccc2)C=C1.[Pt+2]. The zero-order valence-electron chi connectivity index (χ0n) is 24.4. The minimum absolute atomic E-state index is 0. The summed E-state index contributed by atoms with van der Waals surface area (Å²) in [5.74, 6) is 0.892. The molecule has 45 heavy (non-hydrogen) atoms. The molecule has 0 fully saturated rings. The molecule has 2 aliphatic rings. The minimum atomic E-state index is -0.624. The third-order valence-electron chi connectivity index (χ3n) is 8.99. The number of fused-ring (bicyclic) bond motifs is 6. The summed E-state index contributed by atoms with van der Waals surface area (Å²) in [7, 11) is 1.98. The molecule has 3 heterocycles. The number of aromatic nitrogens is 2. The number of benzene rings is 5. The average Bonchev–Trinajstić information content (AvgIpc) is 3.76. The summed E-state index contributed by atoms with van der Waals surface area (Å²) in [6, 6.07) is 54.1. The van der Waals surface area contributed by atoms with Crippen LogP contribution in [0.25, 0.3) is 38.8 Å². The molecule has 0 bridgehead atoms. The maximum Gasteiger partial charge on any atom is 2.00 e. The van der Waals surface area contributed by atoms with Gasteiger partial charge in [0.1, 0.15) is 11.5 Å². The maximum absolute atomic E-state index is 4.72. The van der Waals surface area contributed by atoms with Crippen LogP contribution < -0.4 is 0 Å². The van der Waals surface area contributed by atoms with E-state index in [1.165, 1.54) is 33.0 Å². The molecule has 9 rings (SSSR count). The van der Waals surface area contributed by atoms with Gasteiger partial charge >= 0.3 is 27.1 Å². The summed E-state index contributed by atoms with van der Waals surface area (Å²) in [4.78, 5) is 4.72. The monoisotopic (exact) mass is 757 g/mol. The van der Waals surface area contributed by atoms with Crippen molar-refractivity contribution in [2.45, 2.75) is 5.41 Å². The molecule has 0 saturated heterocycles. The van der Waals surface area contributed by atoms with Crippen molar-refractivity contribution in [3.05, 3.63) is 174 Å². The zero-order valence-corrected chi connectivity index (χ0v) is 26.7. The van der Waals surface area contributed by atoms with E-state index in [0.29, 0.717) is 0 Å². The Bertz CT molecular complexity index is 2350. The summed E-state index contributed by atoms with van der Waals surface area (Å²) in [6.07, 6.45) is 5.86. The Morgan fingerprint density at radius 2 is 1.44 bits per heavy atom. The molecule has 0 radical (unpaired) electrons. The standard InChI is InChI=1S/C40H26N4.Pt/c1-42-23-24-43(27-42)30-12-10-11-28(25-30)40(35-16-5-2-13-31(35)32-14-3-6-17-36(32)40)29-20-21-38-34(26-29)33-15-4-7-18-37(33)44(38)39-19-8-9-22-41-39;/h2-19,21-24,26H,1H3;/q;+2. The third kappa shape index (κ3) is 3.93. The Hall–Kier alpha value is -5.14. The van der Waals surface area contributed by atoms with Gasteiger partial charge in [-0.3, -0.25) is 0 Å². The molecule has 4 nitrogen and oxygen atoms in total. The van der Waals surface area contributed by atoms with Crippen LogP contribution in [0.5, 0.6) is 0 Å². The number of hydrogen-bond acceptors (Lipinski definition) is 1. The molecule has 7 aromatic rings. The molecular formula is C40H26N4Pt+2. The molecule has 1 aliphatic carbocycles.